The van der Waals surface area contributed by atoms with Gasteiger partial charge in [-0.15, -0.1) is 0 Å². The number of hydrogen-bond donors (Lipinski definition) is 1. The first-order chi connectivity index (χ1) is 11.8. The van der Waals surface area contributed by atoms with E-state index in [4.69, 9.17) is 14.3 Å². The molecule has 0 spiro atoms. The van der Waals surface area contributed by atoms with Crippen molar-refractivity contribution in [3.05, 3.63) is 0 Å². The lowest BCUT2D eigenvalue weighted by molar-refractivity contribution is 0.144. The molecule has 0 saturated carbocycles. The maximum absolute atomic E-state index is 8.19. The molecule has 3 nitrogen and oxygen atoms in total. The van der Waals surface area contributed by atoms with Crippen molar-refractivity contribution in [3.63, 3.8) is 0 Å². The van der Waals surface area contributed by atoms with E-state index in [9.17, 15) is 0 Å². The van der Waals surface area contributed by atoms with Crippen LogP contribution in [0.3, 0.4) is 0 Å². The topological polar surface area (TPSA) is 38.7 Å². The Balaban J connectivity index is -0.0000000228. The Hall–Kier alpha value is 0.314. The molecule has 0 bridgehead atoms. The quantitative estimate of drug-likeness (QED) is 0.314. The van der Waals surface area contributed by atoms with Gasteiger partial charge in [0, 0.05) is 35.2 Å². The minimum atomic E-state index is -1.14. The van der Waals surface area contributed by atoms with E-state index in [-0.39, 0.29) is 31.1 Å². The van der Waals surface area contributed by atoms with Gasteiger partial charge < -0.3 is 14.3 Å². The largest absolute Gasteiger partial charge is 0.435 e. The second-order valence-corrected chi connectivity index (χ2v) is 11.2. The maximum atomic E-state index is 8.19. The number of unbranched alkanes of at least 4 members (excludes halogenated alkanes) is 1. The highest BCUT2D eigenvalue weighted by molar-refractivity contribution is 6.54. The van der Waals surface area contributed by atoms with Crippen molar-refractivity contribution in [3.8, 4) is 0 Å². The van der Waals surface area contributed by atoms with Crippen LogP contribution in [0, 0.1) is 0 Å². The van der Waals surface area contributed by atoms with Crippen molar-refractivity contribution < 1.29 is 14.3 Å². The Bertz CT molecular complexity index is 118. The predicted molar refractivity (Wildman–Crippen MR) is 147 cm³/mol. The van der Waals surface area contributed by atoms with Crippen LogP contribution in [-0.2, 0) is 9.47 Å². The summed E-state index contributed by atoms with van der Waals surface area (Å²) in [6.45, 7) is 30.5. The van der Waals surface area contributed by atoms with Crippen molar-refractivity contribution in [2.75, 3.05) is 26.4 Å². The van der Waals surface area contributed by atoms with Crippen LogP contribution in [0.5, 0.6) is 0 Å². The molecule has 0 atom stereocenters. The van der Waals surface area contributed by atoms with Gasteiger partial charge in [-0.05, 0) is 39.8 Å². The fraction of sp³-hybridized carbons (Fsp3) is 1.00. The van der Waals surface area contributed by atoms with Gasteiger partial charge in [0.05, 0.1) is 0 Å². The molecule has 0 aliphatic rings. The monoisotopic (exact) mass is 448 g/mol. The summed E-state index contributed by atoms with van der Waals surface area (Å²) in [7, 11) is -1.28. The van der Waals surface area contributed by atoms with Gasteiger partial charge in [0.25, 0.3) is 0 Å². The number of ether oxygens (including phenoxy) is 2. The SMILES string of the molecule is C.C.C.CC.CC.CCCCOCC.CCCOCC.C[SiH](C)C.C[SiH](C)O. The first kappa shape index (κ1) is 56.6. The highest BCUT2D eigenvalue weighted by Crippen LogP contribution is 1.85. The van der Waals surface area contributed by atoms with E-state index in [1.807, 2.05) is 54.6 Å². The molecule has 0 rings (SSSR count). The average Bonchev–Trinajstić information content (AvgIpc) is 2.57. The summed E-state index contributed by atoms with van der Waals surface area (Å²) in [6.07, 6.45) is 3.57. The molecule has 0 fully saturated rings. The number of hydrogen-bond acceptors (Lipinski definition) is 3. The molecule has 5 heteroatoms. The molecule has 0 amide bonds. The molecule has 0 aromatic rings. The molecule has 0 heterocycles. The molecule has 0 aromatic carbocycles. The van der Waals surface area contributed by atoms with Crippen LogP contribution in [0.4, 0.5) is 0 Å². The lowest BCUT2D eigenvalue weighted by Crippen LogP contribution is -1.93. The fourth-order valence-electron chi connectivity index (χ4n) is 0.679. The third-order valence-corrected chi connectivity index (χ3v) is 1.40. The molecule has 0 saturated heterocycles. The number of rotatable bonds is 7. The van der Waals surface area contributed by atoms with Gasteiger partial charge in [-0.25, -0.2) is 0 Å². The third-order valence-electron chi connectivity index (χ3n) is 1.40. The maximum Gasteiger partial charge on any atom is 0.166 e. The van der Waals surface area contributed by atoms with Gasteiger partial charge in [-0.3, -0.25) is 0 Å². The summed E-state index contributed by atoms with van der Waals surface area (Å²) in [6, 6.07) is 0. The normalized spacial score (nSPS) is 7.29. The molecule has 0 aromatic heterocycles. The molecular weight excluding hydrogens is 380 g/mol. The van der Waals surface area contributed by atoms with Crippen LogP contribution in [-0.4, -0.2) is 49.1 Å². The van der Waals surface area contributed by atoms with Crippen molar-refractivity contribution >= 4 is 17.8 Å². The second kappa shape index (κ2) is 80.6. The molecule has 186 valence electrons. The smallest absolute Gasteiger partial charge is 0.166 e. The molecule has 0 radical (unpaired) electrons. The van der Waals surface area contributed by atoms with Gasteiger partial charge in [0.15, 0.2) is 9.04 Å². The fourth-order valence-corrected chi connectivity index (χ4v) is 0.679. The summed E-state index contributed by atoms with van der Waals surface area (Å²) in [4.78, 5) is 8.19. The first-order valence-electron chi connectivity index (χ1n) is 10.6. The lowest BCUT2D eigenvalue weighted by Gasteiger charge is -1.94. The van der Waals surface area contributed by atoms with Crippen LogP contribution >= 0.6 is 0 Å². The van der Waals surface area contributed by atoms with Crippen molar-refractivity contribution in [2.24, 2.45) is 0 Å². The van der Waals surface area contributed by atoms with Gasteiger partial charge >= 0.3 is 0 Å². The Labute approximate surface area is 188 Å². The van der Waals surface area contributed by atoms with E-state index in [0.29, 0.717) is 0 Å². The van der Waals surface area contributed by atoms with Gasteiger partial charge in [-0.2, -0.15) is 0 Å². The zero-order chi connectivity index (χ0) is 21.5. The Morgan fingerprint density at radius 2 is 0.857 bits per heavy atom. The summed E-state index contributed by atoms with van der Waals surface area (Å²) < 4.78 is 10.1. The molecule has 1 N–H and O–H groups in total. The van der Waals surface area contributed by atoms with Gasteiger partial charge in [0.2, 0.25) is 0 Å². The predicted octanol–water partition coefficient (Wildman–Crippen LogP) is 8.28. The summed E-state index contributed by atoms with van der Waals surface area (Å²) in [5, 5.41) is 0. The minimum absolute atomic E-state index is 0. The molecule has 0 unspecified atom stereocenters. The van der Waals surface area contributed by atoms with E-state index in [1.165, 1.54) is 12.8 Å². The van der Waals surface area contributed by atoms with Crippen LogP contribution in [0.15, 0.2) is 0 Å². The van der Waals surface area contributed by atoms with Crippen LogP contribution in [0.25, 0.3) is 0 Å². The van der Waals surface area contributed by atoms with Crippen molar-refractivity contribution in [1.29, 1.82) is 0 Å². The van der Waals surface area contributed by atoms with Gasteiger partial charge in [-0.1, -0.05) is 89.9 Å². The molecule has 28 heavy (non-hydrogen) atoms. The van der Waals surface area contributed by atoms with E-state index < -0.39 is 9.04 Å². The highest BCUT2D eigenvalue weighted by Gasteiger charge is 1.78. The molecule has 0 aliphatic carbocycles. The first-order valence-corrected chi connectivity index (χ1v) is 16.9. The van der Waals surface area contributed by atoms with E-state index >= 15 is 0 Å². The van der Waals surface area contributed by atoms with Crippen molar-refractivity contribution in [2.45, 2.75) is 130 Å². The molecular formula is C23H68O3Si2. The Morgan fingerprint density at radius 3 is 1.00 bits per heavy atom. The van der Waals surface area contributed by atoms with E-state index in [0.717, 1.165) is 32.8 Å². The van der Waals surface area contributed by atoms with Crippen LogP contribution in [0.1, 0.15) is 96.9 Å². The van der Waals surface area contributed by atoms with Crippen LogP contribution in [0.2, 0.25) is 32.7 Å². The second-order valence-electron chi connectivity index (χ2n) is 5.57. The zero-order valence-electron chi connectivity index (χ0n) is 20.4. The Morgan fingerprint density at radius 1 is 0.607 bits per heavy atom. The third kappa shape index (κ3) is 315. The van der Waals surface area contributed by atoms with Gasteiger partial charge in [0.1, 0.15) is 0 Å². The van der Waals surface area contributed by atoms with E-state index in [2.05, 4.69) is 33.5 Å². The average molecular weight is 449 g/mol. The Kier molecular flexibility index (Phi) is 163. The highest BCUT2D eigenvalue weighted by atomic mass is 28.3. The summed E-state index contributed by atoms with van der Waals surface area (Å²) >= 11 is 0. The summed E-state index contributed by atoms with van der Waals surface area (Å²) in [5.41, 5.74) is 0. The minimum Gasteiger partial charge on any atom is -0.435 e. The van der Waals surface area contributed by atoms with Crippen molar-refractivity contribution in [1.82, 2.24) is 0 Å². The summed E-state index contributed by atoms with van der Waals surface area (Å²) in [5.74, 6) is 0. The van der Waals surface area contributed by atoms with Crippen LogP contribution < -0.4 is 0 Å². The lowest BCUT2D eigenvalue weighted by atomic mass is 10.4. The zero-order valence-corrected chi connectivity index (χ0v) is 22.7. The van der Waals surface area contributed by atoms with E-state index in [1.54, 1.807) is 0 Å². The standard InChI is InChI=1S/C6H14O.C5H12O.C3H10Si.C2H8OSi.2C2H6.3CH4/c1-3-5-6-7-4-2;1-3-5-6-4-2;2*1-4(2)3;2*1-2;;;/h3-6H2,1-2H3;3-5H2,1-2H3;4H,1-3H3;3-4H,1-2H3;2*1-2H3;3*1H4. The molecule has 0 aliphatic heterocycles.